The molecule has 2 aliphatic rings. The van der Waals surface area contributed by atoms with E-state index in [2.05, 4.69) is 41.7 Å². The molecular weight excluding hydrogens is 428 g/mol. The summed E-state index contributed by atoms with van der Waals surface area (Å²) < 4.78 is 5.08. The molecule has 1 aliphatic heterocycles. The maximum Gasteiger partial charge on any atom is 0.248 e. The number of ether oxygens (including phenoxy) is 1. The van der Waals surface area contributed by atoms with Gasteiger partial charge < -0.3 is 19.9 Å². The SMILES string of the molecule is C=Cc1cc(Nc2cc(C#N)c(N3CCN(C(=O)COC)C(C(C)C)C3)nc2C2CC2)ccn1. The molecule has 0 aromatic carbocycles. The minimum atomic E-state index is 0.00350. The molecule has 1 saturated heterocycles. The van der Waals surface area contributed by atoms with Crippen LogP contribution < -0.4 is 10.2 Å². The molecule has 1 saturated carbocycles. The number of carbonyl (C=O) groups excluding carboxylic acids is 1. The van der Waals surface area contributed by atoms with Crippen molar-refractivity contribution >= 4 is 29.2 Å². The quantitative estimate of drug-likeness (QED) is 0.638. The van der Waals surface area contributed by atoms with Crippen molar-refractivity contribution in [3.05, 3.63) is 47.9 Å². The zero-order valence-electron chi connectivity index (χ0n) is 20.1. The Hall–Kier alpha value is -3.44. The van der Waals surface area contributed by atoms with Crippen LogP contribution in [0.5, 0.6) is 0 Å². The summed E-state index contributed by atoms with van der Waals surface area (Å²) in [4.78, 5) is 26.0. The van der Waals surface area contributed by atoms with Crippen molar-refractivity contribution in [3.63, 3.8) is 0 Å². The number of carbonyl (C=O) groups is 1. The average molecular weight is 461 g/mol. The number of piperazine rings is 1. The monoisotopic (exact) mass is 460 g/mol. The number of anilines is 3. The summed E-state index contributed by atoms with van der Waals surface area (Å²) in [5.74, 6) is 1.37. The van der Waals surface area contributed by atoms with Gasteiger partial charge in [0.15, 0.2) is 0 Å². The van der Waals surface area contributed by atoms with Gasteiger partial charge in [0.25, 0.3) is 0 Å². The Balaban J connectivity index is 1.65. The van der Waals surface area contributed by atoms with Gasteiger partial charge in [0.1, 0.15) is 18.5 Å². The molecule has 8 nitrogen and oxygen atoms in total. The lowest BCUT2D eigenvalue weighted by Crippen LogP contribution is -2.58. The van der Waals surface area contributed by atoms with Gasteiger partial charge in [-0.25, -0.2) is 4.98 Å². The molecule has 1 unspecified atom stereocenters. The number of nitriles is 1. The van der Waals surface area contributed by atoms with Crippen LogP contribution in [0.15, 0.2) is 31.0 Å². The van der Waals surface area contributed by atoms with Crippen molar-refractivity contribution in [3.8, 4) is 6.07 Å². The molecule has 178 valence electrons. The molecule has 1 atom stereocenters. The van der Waals surface area contributed by atoms with E-state index in [1.807, 2.05) is 23.1 Å². The second-order valence-corrected chi connectivity index (χ2v) is 9.25. The summed E-state index contributed by atoms with van der Waals surface area (Å²) in [6.07, 6.45) is 5.63. The van der Waals surface area contributed by atoms with Crippen molar-refractivity contribution in [1.29, 1.82) is 5.26 Å². The zero-order valence-corrected chi connectivity index (χ0v) is 20.1. The van der Waals surface area contributed by atoms with E-state index < -0.39 is 0 Å². The Morgan fingerprint density at radius 1 is 1.38 bits per heavy atom. The second-order valence-electron chi connectivity index (χ2n) is 9.25. The third kappa shape index (κ3) is 5.05. The number of methoxy groups -OCH3 is 1. The predicted molar refractivity (Wildman–Crippen MR) is 133 cm³/mol. The highest BCUT2D eigenvalue weighted by Gasteiger charge is 2.35. The van der Waals surface area contributed by atoms with Gasteiger partial charge in [-0.05, 0) is 43.0 Å². The molecular formula is C26H32N6O2. The van der Waals surface area contributed by atoms with Crippen LogP contribution >= 0.6 is 0 Å². The van der Waals surface area contributed by atoms with E-state index in [9.17, 15) is 10.1 Å². The number of hydrogen-bond donors (Lipinski definition) is 1. The molecule has 4 rings (SSSR count). The number of amides is 1. The standard InChI is InChI=1S/C26H32N6O2/c1-5-20-13-21(8-9-28-20)29-22-12-19(14-27)26(30-25(22)18-6-7-18)31-10-11-32(24(33)16-34-4)23(15-31)17(2)3/h5,8-9,12-13,17-18,23H,1,6-7,10-11,15-16H2,2-4H3,(H,28,29). The number of pyridine rings is 2. The summed E-state index contributed by atoms with van der Waals surface area (Å²) in [6, 6.07) is 8.12. The molecule has 2 fully saturated rings. The van der Waals surface area contributed by atoms with Crippen LogP contribution in [0.25, 0.3) is 6.08 Å². The summed E-state index contributed by atoms with van der Waals surface area (Å²) >= 11 is 0. The van der Waals surface area contributed by atoms with Crippen LogP contribution in [-0.2, 0) is 9.53 Å². The Bertz CT molecular complexity index is 1100. The van der Waals surface area contributed by atoms with Gasteiger partial charge in [-0.15, -0.1) is 0 Å². The Labute approximate surface area is 201 Å². The van der Waals surface area contributed by atoms with Gasteiger partial charge in [-0.2, -0.15) is 5.26 Å². The van der Waals surface area contributed by atoms with E-state index in [0.717, 1.165) is 35.6 Å². The van der Waals surface area contributed by atoms with E-state index in [0.29, 0.717) is 36.9 Å². The van der Waals surface area contributed by atoms with E-state index in [1.165, 1.54) is 0 Å². The Morgan fingerprint density at radius 2 is 2.18 bits per heavy atom. The second kappa shape index (κ2) is 10.2. The van der Waals surface area contributed by atoms with E-state index >= 15 is 0 Å². The number of hydrogen-bond acceptors (Lipinski definition) is 7. The molecule has 1 amide bonds. The Morgan fingerprint density at radius 3 is 2.82 bits per heavy atom. The molecule has 1 N–H and O–H groups in total. The van der Waals surface area contributed by atoms with Gasteiger partial charge in [-0.3, -0.25) is 9.78 Å². The van der Waals surface area contributed by atoms with Crippen LogP contribution in [0.4, 0.5) is 17.2 Å². The van der Waals surface area contributed by atoms with Crippen LogP contribution in [0, 0.1) is 17.2 Å². The van der Waals surface area contributed by atoms with Crippen LogP contribution in [-0.4, -0.2) is 60.2 Å². The Kier molecular flexibility index (Phi) is 7.13. The zero-order chi connectivity index (χ0) is 24.2. The van der Waals surface area contributed by atoms with E-state index in [1.54, 1.807) is 19.4 Å². The molecule has 2 aromatic heterocycles. The number of nitrogens with one attached hydrogen (secondary N) is 1. The molecule has 0 radical (unpaired) electrons. The first-order chi connectivity index (χ1) is 16.4. The van der Waals surface area contributed by atoms with Crippen LogP contribution in [0.1, 0.15) is 49.6 Å². The largest absolute Gasteiger partial charge is 0.375 e. The van der Waals surface area contributed by atoms with Gasteiger partial charge in [0.2, 0.25) is 5.91 Å². The van der Waals surface area contributed by atoms with Gasteiger partial charge in [-0.1, -0.05) is 20.4 Å². The normalized spacial score (nSPS) is 18.0. The third-order valence-corrected chi connectivity index (χ3v) is 6.46. The van der Waals surface area contributed by atoms with E-state index in [-0.39, 0.29) is 24.5 Å². The van der Waals surface area contributed by atoms with Gasteiger partial charge in [0, 0.05) is 44.5 Å². The predicted octanol–water partition coefficient (Wildman–Crippen LogP) is 3.93. The fourth-order valence-corrected chi connectivity index (χ4v) is 4.49. The highest BCUT2D eigenvalue weighted by atomic mass is 16.5. The first-order valence-corrected chi connectivity index (χ1v) is 11.8. The maximum absolute atomic E-state index is 12.6. The van der Waals surface area contributed by atoms with Crippen LogP contribution in [0.2, 0.25) is 0 Å². The molecule has 1 aliphatic carbocycles. The first kappa shape index (κ1) is 23.7. The third-order valence-electron chi connectivity index (χ3n) is 6.46. The lowest BCUT2D eigenvalue weighted by atomic mass is 9.99. The molecule has 2 aromatic rings. The van der Waals surface area contributed by atoms with E-state index in [4.69, 9.17) is 9.72 Å². The van der Waals surface area contributed by atoms with Crippen molar-refractivity contribution in [2.75, 3.05) is 43.6 Å². The maximum atomic E-state index is 12.6. The average Bonchev–Trinajstić information content (AvgIpc) is 3.69. The summed E-state index contributed by atoms with van der Waals surface area (Å²) in [7, 11) is 1.54. The summed E-state index contributed by atoms with van der Waals surface area (Å²) in [5.41, 5.74) is 4.05. The topological polar surface area (TPSA) is 94.4 Å². The highest BCUT2D eigenvalue weighted by molar-refractivity contribution is 5.78. The lowest BCUT2D eigenvalue weighted by Gasteiger charge is -2.44. The number of aromatic nitrogens is 2. The molecule has 0 spiro atoms. The fourth-order valence-electron chi connectivity index (χ4n) is 4.49. The molecule has 34 heavy (non-hydrogen) atoms. The number of rotatable bonds is 8. The molecule has 0 bridgehead atoms. The van der Waals surface area contributed by atoms with Crippen molar-refractivity contribution < 1.29 is 9.53 Å². The minimum Gasteiger partial charge on any atom is -0.375 e. The number of nitrogens with zero attached hydrogens (tertiary/aromatic N) is 5. The molecule has 3 heterocycles. The van der Waals surface area contributed by atoms with Crippen LogP contribution in [0.3, 0.4) is 0 Å². The lowest BCUT2D eigenvalue weighted by molar-refractivity contribution is -0.139. The van der Waals surface area contributed by atoms with Gasteiger partial charge >= 0.3 is 0 Å². The summed E-state index contributed by atoms with van der Waals surface area (Å²) in [6.45, 7) is 9.96. The first-order valence-electron chi connectivity index (χ1n) is 11.8. The highest BCUT2D eigenvalue weighted by Crippen LogP contribution is 2.44. The fraction of sp³-hybridized carbons (Fsp3) is 0.462. The van der Waals surface area contributed by atoms with Crippen molar-refractivity contribution in [2.24, 2.45) is 5.92 Å². The smallest absolute Gasteiger partial charge is 0.248 e. The van der Waals surface area contributed by atoms with Crippen molar-refractivity contribution in [2.45, 2.75) is 38.6 Å². The van der Waals surface area contributed by atoms with Gasteiger partial charge in [0.05, 0.1) is 28.7 Å². The molecule has 8 heteroatoms. The van der Waals surface area contributed by atoms with Crippen molar-refractivity contribution in [1.82, 2.24) is 14.9 Å². The minimum absolute atomic E-state index is 0.00350. The summed E-state index contributed by atoms with van der Waals surface area (Å²) in [5, 5.41) is 13.5.